The fourth-order valence-corrected chi connectivity index (χ4v) is 2.70. The van der Waals surface area contributed by atoms with E-state index in [2.05, 4.69) is 14.5 Å². The molecule has 19 heavy (non-hydrogen) atoms. The molecule has 1 fully saturated rings. The summed E-state index contributed by atoms with van der Waals surface area (Å²) in [5.41, 5.74) is 1.82. The maximum Gasteiger partial charge on any atom is 0.159 e. The average Bonchev–Trinajstić information content (AvgIpc) is 2.79. The number of aromatic nitrogens is 3. The zero-order valence-electron chi connectivity index (χ0n) is 11.0. The molecule has 0 aliphatic carbocycles. The number of nitrogens with zero attached hydrogens (tertiary/aromatic N) is 3. The average molecular weight is 261 g/mol. The van der Waals surface area contributed by atoms with E-state index < -0.39 is 0 Å². The first-order chi connectivity index (χ1) is 9.38. The van der Waals surface area contributed by atoms with Crippen LogP contribution in [0.25, 0.3) is 11.2 Å². The Morgan fingerprint density at radius 1 is 1.47 bits per heavy atom. The number of hydrogen-bond acceptors (Lipinski definition) is 4. The van der Waals surface area contributed by atoms with Crippen LogP contribution in [0.2, 0.25) is 0 Å². The maximum atomic E-state index is 9.18. The van der Waals surface area contributed by atoms with Crippen molar-refractivity contribution in [3.8, 4) is 0 Å². The first-order valence-corrected chi connectivity index (χ1v) is 6.87. The lowest BCUT2D eigenvalue weighted by molar-refractivity contribution is 0.0484. The Morgan fingerprint density at radius 2 is 2.42 bits per heavy atom. The van der Waals surface area contributed by atoms with Gasteiger partial charge in [0.2, 0.25) is 0 Å². The summed E-state index contributed by atoms with van der Waals surface area (Å²) in [6, 6.07) is 3.86. The molecule has 0 saturated carbocycles. The van der Waals surface area contributed by atoms with Gasteiger partial charge in [-0.05, 0) is 25.0 Å². The van der Waals surface area contributed by atoms with Crippen molar-refractivity contribution in [1.82, 2.24) is 14.5 Å². The lowest BCUT2D eigenvalue weighted by atomic mass is 10.0. The quantitative estimate of drug-likeness (QED) is 0.903. The molecule has 1 saturated heterocycles. The maximum absolute atomic E-state index is 9.18. The summed E-state index contributed by atoms with van der Waals surface area (Å²) in [5.74, 6) is 1.44. The molecular weight excluding hydrogens is 242 g/mol. The largest absolute Gasteiger partial charge is 0.396 e. The van der Waals surface area contributed by atoms with Gasteiger partial charge >= 0.3 is 0 Å². The van der Waals surface area contributed by atoms with Gasteiger partial charge in [0.1, 0.15) is 11.3 Å². The molecule has 1 aliphatic rings. The summed E-state index contributed by atoms with van der Waals surface area (Å²) in [6.07, 6.45) is 4.68. The Balaban J connectivity index is 1.92. The van der Waals surface area contributed by atoms with Crippen molar-refractivity contribution in [1.29, 1.82) is 0 Å². The number of hydrogen-bond donors (Lipinski definition) is 1. The standard InChI is InChI=1S/C14H19N3O2/c18-7-5-13-16-12-4-1-6-15-14(12)17(13)9-11-3-2-8-19-10-11/h1,4,6,11,18H,2-3,5,7-10H2. The molecular formula is C14H19N3O2. The van der Waals surface area contributed by atoms with E-state index in [-0.39, 0.29) is 6.61 Å². The molecule has 3 rings (SSSR count). The first kappa shape index (κ1) is 12.6. The topological polar surface area (TPSA) is 60.2 Å². The van der Waals surface area contributed by atoms with Crippen LogP contribution in [-0.2, 0) is 17.7 Å². The number of aliphatic hydroxyl groups is 1. The summed E-state index contributed by atoms with van der Waals surface area (Å²) in [4.78, 5) is 9.00. The highest BCUT2D eigenvalue weighted by Gasteiger charge is 2.18. The number of aliphatic hydroxyl groups excluding tert-OH is 1. The van der Waals surface area contributed by atoms with Crippen molar-refractivity contribution in [2.75, 3.05) is 19.8 Å². The van der Waals surface area contributed by atoms with E-state index in [1.54, 1.807) is 6.20 Å². The summed E-state index contributed by atoms with van der Waals surface area (Å²) < 4.78 is 7.68. The second-order valence-electron chi connectivity index (χ2n) is 5.04. The highest BCUT2D eigenvalue weighted by Crippen LogP contribution is 2.20. The van der Waals surface area contributed by atoms with Gasteiger partial charge in [0, 0.05) is 31.7 Å². The molecule has 1 atom stereocenters. The van der Waals surface area contributed by atoms with Crippen LogP contribution in [0.4, 0.5) is 0 Å². The molecule has 0 bridgehead atoms. The third-order valence-corrected chi connectivity index (χ3v) is 3.61. The number of imidazole rings is 1. The second kappa shape index (κ2) is 5.67. The molecule has 3 heterocycles. The van der Waals surface area contributed by atoms with Gasteiger partial charge in [0.05, 0.1) is 13.2 Å². The van der Waals surface area contributed by atoms with Crippen molar-refractivity contribution >= 4 is 11.2 Å². The zero-order chi connectivity index (χ0) is 13.1. The van der Waals surface area contributed by atoms with Gasteiger partial charge in [-0.3, -0.25) is 0 Å². The predicted molar refractivity (Wildman–Crippen MR) is 71.9 cm³/mol. The van der Waals surface area contributed by atoms with Gasteiger partial charge in [-0.25, -0.2) is 9.97 Å². The van der Waals surface area contributed by atoms with Crippen LogP contribution in [0.3, 0.4) is 0 Å². The molecule has 102 valence electrons. The third kappa shape index (κ3) is 2.62. The molecule has 0 radical (unpaired) electrons. The van der Waals surface area contributed by atoms with Gasteiger partial charge in [-0.15, -0.1) is 0 Å². The molecule has 2 aromatic heterocycles. The zero-order valence-corrected chi connectivity index (χ0v) is 11.0. The molecule has 0 aromatic carbocycles. The lowest BCUT2D eigenvalue weighted by Crippen LogP contribution is -2.23. The Morgan fingerprint density at radius 3 is 3.21 bits per heavy atom. The van der Waals surface area contributed by atoms with Crippen molar-refractivity contribution in [3.63, 3.8) is 0 Å². The minimum atomic E-state index is 0.116. The van der Waals surface area contributed by atoms with Gasteiger partial charge in [0.25, 0.3) is 0 Å². The molecule has 0 amide bonds. The van der Waals surface area contributed by atoms with Crippen LogP contribution in [0.15, 0.2) is 18.3 Å². The van der Waals surface area contributed by atoms with Crippen LogP contribution in [0.1, 0.15) is 18.7 Å². The van der Waals surface area contributed by atoms with Gasteiger partial charge in [-0.2, -0.15) is 0 Å². The second-order valence-corrected chi connectivity index (χ2v) is 5.04. The first-order valence-electron chi connectivity index (χ1n) is 6.87. The number of pyridine rings is 1. The van der Waals surface area contributed by atoms with Gasteiger partial charge < -0.3 is 14.4 Å². The molecule has 1 aliphatic heterocycles. The minimum Gasteiger partial charge on any atom is -0.396 e. The van der Waals surface area contributed by atoms with Gasteiger partial charge in [0.15, 0.2) is 5.65 Å². The molecule has 2 aromatic rings. The lowest BCUT2D eigenvalue weighted by Gasteiger charge is -2.23. The Labute approximate surface area is 112 Å². The van der Waals surface area contributed by atoms with E-state index in [4.69, 9.17) is 4.74 Å². The van der Waals surface area contributed by atoms with Crippen LogP contribution < -0.4 is 0 Å². The third-order valence-electron chi connectivity index (χ3n) is 3.61. The number of rotatable bonds is 4. The van der Waals surface area contributed by atoms with Crippen molar-refractivity contribution < 1.29 is 9.84 Å². The summed E-state index contributed by atoms with van der Waals surface area (Å²) in [6.45, 7) is 2.68. The highest BCUT2D eigenvalue weighted by atomic mass is 16.5. The van der Waals surface area contributed by atoms with Crippen LogP contribution in [-0.4, -0.2) is 39.5 Å². The van der Waals surface area contributed by atoms with E-state index in [9.17, 15) is 5.11 Å². The molecule has 5 nitrogen and oxygen atoms in total. The minimum absolute atomic E-state index is 0.116. The highest BCUT2D eigenvalue weighted by molar-refractivity contribution is 5.71. The number of fused-ring (bicyclic) bond motifs is 1. The Kier molecular flexibility index (Phi) is 3.75. The molecule has 5 heteroatoms. The van der Waals surface area contributed by atoms with Crippen LogP contribution >= 0.6 is 0 Å². The summed E-state index contributed by atoms with van der Waals surface area (Å²) >= 11 is 0. The van der Waals surface area contributed by atoms with Crippen molar-refractivity contribution in [3.05, 3.63) is 24.2 Å². The van der Waals surface area contributed by atoms with E-state index in [1.807, 2.05) is 12.1 Å². The molecule has 1 unspecified atom stereocenters. The molecule has 0 spiro atoms. The molecule has 1 N–H and O–H groups in total. The summed E-state index contributed by atoms with van der Waals surface area (Å²) in [7, 11) is 0. The monoisotopic (exact) mass is 261 g/mol. The van der Waals surface area contributed by atoms with Crippen LogP contribution in [0.5, 0.6) is 0 Å². The smallest absolute Gasteiger partial charge is 0.159 e. The summed E-state index contributed by atoms with van der Waals surface area (Å²) in [5, 5.41) is 9.18. The Bertz CT molecular complexity index is 547. The fraction of sp³-hybridized carbons (Fsp3) is 0.571. The van der Waals surface area contributed by atoms with E-state index in [1.165, 1.54) is 6.42 Å². The van der Waals surface area contributed by atoms with Crippen molar-refractivity contribution in [2.24, 2.45) is 5.92 Å². The van der Waals surface area contributed by atoms with Crippen LogP contribution in [0, 0.1) is 5.92 Å². The predicted octanol–water partition coefficient (Wildman–Crippen LogP) is 1.39. The Hall–Kier alpha value is -1.46. The number of ether oxygens (including phenoxy) is 1. The van der Waals surface area contributed by atoms with E-state index in [0.717, 1.165) is 43.2 Å². The van der Waals surface area contributed by atoms with E-state index >= 15 is 0 Å². The van der Waals surface area contributed by atoms with E-state index in [0.29, 0.717) is 12.3 Å². The van der Waals surface area contributed by atoms with Crippen molar-refractivity contribution in [2.45, 2.75) is 25.8 Å². The fourth-order valence-electron chi connectivity index (χ4n) is 2.70. The SMILES string of the molecule is OCCc1nc2cccnc2n1CC1CCCOC1. The van der Waals surface area contributed by atoms with Gasteiger partial charge in [-0.1, -0.05) is 0 Å². The normalized spacial score (nSPS) is 19.9.